The highest BCUT2D eigenvalue weighted by atomic mass is 79.9. The maximum atomic E-state index is 12.2. The Bertz CT molecular complexity index is 733. The summed E-state index contributed by atoms with van der Waals surface area (Å²) in [6.07, 6.45) is 0. The van der Waals surface area contributed by atoms with E-state index in [1.54, 1.807) is 11.3 Å². The van der Waals surface area contributed by atoms with Crippen LogP contribution in [0.25, 0.3) is 10.2 Å². The Labute approximate surface area is 123 Å². The largest absolute Gasteiger partial charge is 0.287 e. The normalized spacial score (nSPS) is 10.8. The third-order valence-corrected chi connectivity index (χ3v) is 4.45. The number of halogens is 1. The van der Waals surface area contributed by atoms with E-state index in [0.717, 1.165) is 15.6 Å². The van der Waals surface area contributed by atoms with Gasteiger partial charge in [0.2, 0.25) is 23.4 Å². The molecule has 0 fully saturated rings. The van der Waals surface area contributed by atoms with Crippen LogP contribution in [-0.4, -0.2) is 5.78 Å². The van der Waals surface area contributed by atoms with Crippen molar-refractivity contribution in [1.29, 1.82) is 0 Å². The highest BCUT2D eigenvalue weighted by molar-refractivity contribution is 9.10. The summed E-state index contributed by atoms with van der Waals surface area (Å²) in [5.41, 5.74) is 3.85. The van der Waals surface area contributed by atoms with Crippen molar-refractivity contribution in [3.63, 3.8) is 0 Å². The third-order valence-electron chi connectivity index (χ3n) is 2.96. The highest BCUT2D eigenvalue weighted by Gasteiger charge is 2.16. The monoisotopic (exact) mass is 332 g/mol. The Morgan fingerprint density at radius 2 is 1.84 bits per heavy atom. The third kappa shape index (κ3) is 2.60. The minimum absolute atomic E-state index is 0.126. The van der Waals surface area contributed by atoms with Crippen molar-refractivity contribution in [3.05, 3.63) is 64.1 Å². The minimum atomic E-state index is 0.126. The molecule has 0 aliphatic heterocycles. The topological polar surface area (TPSA) is 20.9 Å². The molecule has 0 N–H and O–H groups in total. The SMILES string of the molecule is O=C(C[n+]1csc2ccccc21)c1ccc(Br)cc1. The summed E-state index contributed by atoms with van der Waals surface area (Å²) in [7, 11) is 0. The number of Topliss-reactive ketones (excluding diaryl/α,β-unsaturated/α-hetero) is 1. The summed E-state index contributed by atoms with van der Waals surface area (Å²) in [6, 6.07) is 15.6. The van der Waals surface area contributed by atoms with Crippen molar-refractivity contribution in [2.45, 2.75) is 6.54 Å². The zero-order chi connectivity index (χ0) is 13.2. The molecule has 0 atom stereocenters. The molecular formula is C15H11BrNOS+. The van der Waals surface area contributed by atoms with E-state index in [0.29, 0.717) is 6.54 Å². The van der Waals surface area contributed by atoms with Gasteiger partial charge >= 0.3 is 0 Å². The average molecular weight is 333 g/mol. The number of nitrogens with zero attached hydrogens (tertiary/aromatic N) is 1. The van der Waals surface area contributed by atoms with Crippen LogP contribution in [-0.2, 0) is 6.54 Å². The molecule has 0 spiro atoms. The smallest absolute Gasteiger partial charge is 0.227 e. The van der Waals surface area contributed by atoms with Gasteiger partial charge in [-0.25, -0.2) is 0 Å². The predicted molar refractivity (Wildman–Crippen MR) is 80.5 cm³/mol. The minimum Gasteiger partial charge on any atom is -0.287 e. The first-order chi connectivity index (χ1) is 9.24. The van der Waals surface area contributed by atoms with Crippen molar-refractivity contribution < 1.29 is 9.36 Å². The Balaban J connectivity index is 1.89. The lowest BCUT2D eigenvalue weighted by molar-refractivity contribution is -0.652. The maximum Gasteiger partial charge on any atom is 0.227 e. The van der Waals surface area contributed by atoms with Crippen LogP contribution >= 0.6 is 27.3 Å². The van der Waals surface area contributed by atoms with Gasteiger partial charge in [-0.15, -0.1) is 0 Å². The molecule has 19 heavy (non-hydrogen) atoms. The van der Waals surface area contributed by atoms with Crippen LogP contribution in [0.15, 0.2) is 58.5 Å². The number of thiazole rings is 1. The van der Waals surface area contributed by atoms with E-state index in [1.165, 1.54) is 4.70 Å². The van der Waals surface area contributed by atoms with E-state index >= 15 is 0 Å². The van der Waals surface area contributed by atoms with Crippen molar-refractivity contribution in [3.8, 4) is 0 Å². The van der Waals surface area contributed by atoms with E-state index in [4.69, 9.17) is 0 Å². The van der Waals surface area contributed by atoms with E-state index in [1.807, 2.05) is 52.5 Å². The second-order valence-electron chi connectivity index (χ2n) is 4.25. The fourth-order valence-corrected chi connectivity index (χ4v) is 3.13. The molecule has 0 aliphatic rings. The number of aromatic nitrogens is 1. The average Bonchev–Trinajstić information content (AvgIpc) is 2.83. The second-order valence-corrected chi connectivity index (χ2v) is 6.05. The molecule has 0 saturated carbocycles. The van der Waals surface area contributed by atoms with Gasteiger partial charge in [0.25, 0.3) is 0 Å². The molecule has 0 amide bonds. The summed E-state index contributed by atoms with van der Waals surface area (Å²) in [5, 5.41) is 0. The first-order valence-electron chi connectivity index (χ1n) is 5.88. The molecule has 0 aliphatic carbocycles. The molecule has 94 valence electrons. The Morgan fingerprint density at radius 3 is 2.63 bits per heavy atom. The highest BCUT2D eigenvalue weighted by Crippen LogP contribution is 2.16. The molecule has 3 rings (SSSR count). The van der Waals surface area contributed by atoms with Crippen molar-refractivity contribution in [2.75, 3.05) is 0 Å². The van der Waals surface area contributed by atoms with Gasteiger partial charge in [-0.05, 0) is 18.2 Å². The number of benzene rings is 2. The Kier molecular flexibility index (Phi) is 3.44. The van der Waals surface area contributed by atoms with Gasteiger partial charge in [-0.1, -0.05) is 51.5 Å². The van der Waals surface area contributed by atoms with Crippen molar-refractivity contribution in [2.24, 2.45) is 0 Å². The van der Waals surface area contributed by atoms with Crippen molar-refractivity contribution >= 4 is 43.3 Å². The summed E-state index contributed by atoms with van der Waals surface area (Å²) in [4.78, 5) is 12.2. The number of para-hydroxylation sites is 1. The van der Waals surface area contributed by atoms with Crippen LogP contribution < -0.4 is 4.57 Å². The lowest BCUT2D eigenvalue weighted by atomic mass is 10.1. The van der Waals surface area contributed by atoms with Gasteiger partial charge < -0.3 is 0 Å². The van der Waals surface area contributed by atoms with Gasteiger partial charge in [-0.3, -0.25) is 4.79 Å². The summed E-state index contributed by atoms with van der Waals surface area (Å²) >= 11 is 5.03. The van der Waals surface area contributed by atoms with Gasteiger partial charge in [0, 0.05) is 16.1 Å². The van der Waals surface area contributed by atoms with Crippen LogP contribution in [0.5, 0.6) is 0 Å². The molecule has 1 aromatic heterocycles. The fourth-order valence-electron chi connectivity index (χ4n) is 1.98. The molecule has 4 heteroatoms. The molecule has 2 nitrogen and oxygen atoms in total. The standard InChI is InChI=1S/C15H11BrNOS/c16-12-7-5-11(6-8-12)14(18)9-17-10-19-15-4-2-1-3-13(15)17/h1-8,10H,9H2/q+1. The molecule has 2 aromatic carbocycles. The van der Waals surface area contributed by atoms with E-state index < -0.39 is 0 Å². The van der Waals surface area contributed by atoms with E-state index in [-0.39, 0.29) is 5.78 Å². The van der Waals surface area contributed by atoms with Crippen LogP contribution in [0.4, 0.5) is 0 Å². The number of rotatable bonds is 3. The van der Waals surface area contributed by atoms with E-state index in [9.17, 15) is 4.79 Å². The maximum absolute atomic E-state index is 12.2. The first-order valence-corrected chi connectivity index (χ1v) is 7.56. The van der Waals surface area contributed by atoms with Crippen LogP contribution in [0.2, 0.25) is 0 Å². The molecule has 0 radical (unpaired) electrons. The number of hydrogen-bond acceptors (Lipinski definition) is 2. The number of hydrogen-bond donors (Lipinski definition) is 0. The van der Waals surface area contributed by atoms with E-state index in [2.05, 4.69) is 22.0 Å². The zero-order valence-electron chi connectivity index (χ0n) is 10.0. The van der Waals surface area contributed by atoms with Crippen molar-refractivity contribution in [1.82, 2.24) is 0 Å². The van der Waals surface area contributed by atoms with Crippen LogP contribution in [0, 0.1) is 0 Å². The van der Waals surface area contributed by atoms with Crippen LogP contribution in [0.3, 0.4) is 0 Å². The summed E-state index contributed by atoms with van der Waals surface area (Å²) in [6.45, 7) is 0.381. The molecule has 0 bridgehead atoms. The fraction of sp³-hybridized carbons (Fsp3) is 0.0667. The molecular weight excluding hydrogens is 322 g/mol. The van der Waals surface area contributed by atoms with Gasteiger partial charge in [-0.2, -0.15) is 4.57 Å². The number of fused-ring (bicyclic) bond motifs is 1. The number of carbonyl (C=O) groups is 1. The quantitative estimate of drug-likeness (QED) is 0.527. The lowest BCUT2D eigenvalue weighted by Gasteiger charge is -1.97. The van der Waals surface area contributed by atoms with Gasteiger partial charge in [0.05, 0.1) is 0 Å². The van der Waals surface area contributed by atoms with Crippen LogP contribution in [0.1, 0.15) is 10.4 Å². The molecule has 3 aromatic rings. The molecule has 0 unspecified atom stereocenters. The van der Waals surface area contributed by atoms with Gasteiger partial charge in [0.15, 0.2) is 0 Å². The first kappa shape index (κ1) is 12.5. The van der Waals surface area contributed by atoms with Gasteiger partial charge in [0.1, 0.15) is 4.70 Å². The second kappa shape index (κ2) is 5.23. The number of ketones is 1. The molecule has 0 saturated heterocycles. The Morgan fingerprint density at radius 1 is 1.11 bits per heavy atom. The predicted octanol–water partition coefficient (Wildman–Crippen LogP) is 3.83. The Hall–Kier alpha value is -1.52. The lowest BCUT2D eigenvalue weighted by Crippen LogP contribution is -2.36. The zero-order valence-corrected chi connectivity index (χ0v) is 12.4. The molecule has 1 heterocycles. The number of carbonyl (C=O) groups excluding carboxylic acids is 1. The summed E-state index contributed by atoms with van der Waals surface area (Å²) in [5.74, 6) is 0.126. The summed E-state index contributed by atoms with van der Waals surface area (Å²) < 4.78 is 4.19.